The Hall–Kier alpha value is -2.63. The predicted octanol–water partition coefficient (Wildman–Crippen LogP) is 2.27. The van der Waals surface area contributed by atoms with Crippen molar-refractivity contribution < 1.29 is 14.4 Å². The molecular formula is C20H23N3O3. The molecule has 2 atom stereocenters. The van der Waals surface area contributed by atoms with Crippen LogP contribution in [-0.2, 0) is 9.59 Å². The average Bonchev–Trinajstić information content (AvgIpc) is 2.71. The molecule has 2 saturated heterocycles. The Kier molecular flexibility index (Phi) is 4.49. The topological polar surface area (TPSA) is 69.7 Å². The number of hydrazine groups is 1. The number of fused-ring (bicyclic) bond motifs is 1. The summed E-state index contributed by atoms with van der Waals surface area (Å²) in [5.41, 5.74) is 3.81. The number of anilines is 1. The first kappa shape index (κ1) is 16.8. The first-order valence-electron chi connectivity index (χ1n) is 9.34. The van der Waals surface area contributed by atoms with Crippen molar-refractivity contribution in [3.63, 3.8) is 0 Å². The Bertz CT molecular complexity index is 767. The number of hydrogen-bond acceptors (Lipinski definition) is 3. The van der Waals surface area contributed by atoms with Crippen molar-refractivity contribution in [2.45, 2.75) is 32.1 Å². The van der Waals surface area contributed by atoms with Gasteiger partial charge in [-0.2, -0.15) is 0 Å². The molecule has 1 N–H and O–H groups in total. The summed E-state index contributed by atoms with van der Waals surface area (Å²) in [7, 11) is 0. The monoisotopic (exact) mass is 353 g/mol. The molecule has 1 aromatic rings. The lowest BCUT2D eigenvalue weighted by Crippen LogP contribution is -2.59. The number of likely N-dealkylation sites (tertiary alicyclic amines) is 1. The molecule has 1 aromatic carbocycles. The van der Waals surface area contributed by atoms with Gasteiger partial charge in [0.2, 0.25) is 11.8 Å². The van der Waals surface area contributed by atoms with Crippen LogP contribution in [0.5, 0.6) is 0 Å². The smallest absolute Gasteiger partial charge is 0.253 e. The number of allylic oxidation sites excluding steroid dienone is 2. The molecule has 0 aromatic heterocycles. The minimum absolute atomic E-state index is 0.0131. The third-order valence-corrected chi connectivity index (χ3v) is 5.52. The summed E-state index contributed by atoms with van der Waals surface area (Å²) in [4.78, 5) is 39.9. The van der Waals surface area contributed by atoms with E-state index in [-0.39, 0.29) is 29.6 Å². The van der Waals surface area contributed by atoms with Crippen molar-refractivity contribution in [1.29, 1.82) is 0 Å². The molecule has 2 aliphatic heterocycles. The summed E-state index contributed by atoms with van der Waals surface area (Å²) >= 11 is 0. The molecule has 2 heterocycles. The van der Waals surface area contributed by atoms with E-state index in [0.717, 1.165) is 32.4 Å². The summed E-state index contributed by atoms with van der Waals surface area (Å²) in [5.74, 6) is -0.869. The molecular weight excluding hydrogens is 330 g/mol. The number of piperidine rings is 1. The third kappa shape index (κ3) is 3.00. The minimum Gasteiger partial charge on any atom is -0.339 e. The standard InChI is InChI=1S/C20H23N3O3/c24-18-16-9-2-3-10-17(16)20(26)23(21-18)15-8-6-7-14(13-15)19(25)22-11-4-1-5-12-22/h2-3,6-8,13,16-17H,1,4-5,9-12H2,(H,21,24). The van der Waals surface area contributed by atoms with E-state index in [1.54, 1.807) is 24.3 Å². The zero-order chi connectivity index (χ0) is 18.1. The summed E-state index contributed by atoms with van der Waals surface area (Å²) in [6, 6.07) is 6.99. The van der Waals surface area contributed by atoms with Crippen LogP contribution in [0.1, 0.15) is 42.5 Å². The summed E-state index contributed by atoms with van der Waals surface area (Å²) in [6.45, 7) is 1.55. The zero-order valence-electron chi connectivity index (χ0n) is 14.7. The van der Waals surface area contributed by atoms with Crippen LogP contribution in [0.3, 0.4) is 0 Å². The fourth-order valence-corrected chi connectivity index (χ4v) is 4.04. The van der Waals surface area contributed by atoms with Gasteiger partial charge in [-0.3, -0.25) is 19.8 Å². The van der Waals surface area contributed by atoms with Gasteiger partial charge in [0.05, 0.1) is 17.5 Å². The van der Waals surface area contributed by atoms with E-state index in [1.807, 2.05) is 17.1 Å². The highest BCUT2D eigenvalue weighted by atomic mass is 16.2. The van der Waals surface area contributed by atoms with Crippen molar-refractivity contribution >= 4 is 23.4 Å². The number of nitrogens with one attached hydrogen (secondary N) is 1. The fourth-order valence-electron chi connectivity index (χ4n) is 4.04. The lowest BCUT2D eigenvalue weighted by molar-refractivity contribution is -0.139. The largest absolute Gasteiger partial charge is 0.339 e. The molecule has 0 saturated carbocycles. The van der Waals surface area contributed by atoms with Gasteiger partial charge in [-0.1, -0.05) is 18.2 Å². The summed E-state index contributed by atoms with van der Waals surface area (Å²) in [5, 5.41) is 1.32. The lowest BCUT2D eigenvalue weighted by atomic mass is 9.80. The molecule has 3 amide bonds. The van der Waals surface area contributed by atoms with Gasteiger partial charge < -0.3 is 4.90 Å². The number of nitrogens with zero attached hydrogens (tertiary/aromatic N) is 2. The number of carbonyl (C=O) groups is 3. The Balaban J connectivity index is 1.58. The van der Waals surface area contributed by atoms with Crippen LogP contribution < -0.4 is 10.4 Å². The van der Waals surface area contributed by atoms with Crippen LogP contribution in [0.4, 0.5) is 5.69 Å². The highest BCUT2D eigenvalue weighted by Gasteiger charge is 2.42. The molecule has 6 heteroatoms. The lowest BCUT2D eigenvalue weighted by Gasteiger charge is -2.38. The summed E-state index contributed by atoms with van der Waals surface area (Å²) in [6.07, 6.45) is 8.33. The number of rotatable bonds is 2. The van der Waals surface area contributed by atoms with Gasteiger partial charge in [-0.15, -0.1) is 0 Å². The molecule has 1 aliphatic carbocycles. The van der Waals surface area contributed by atoms with Crippen LogP contribution in [0, 0.1) is 11.8 Å². The van der Waals surface area contributed by atoms with Gasteiger partial charge in [-0.05, 0) is 50.3 Å². The second-order valence-corrected chi connectivity index (χ2v) is 7.21. The minimum atomic E-state index is -0.324. The van der Waals surface area contributed by atoms with E-state index < -0.39 is 0 Å². The highest BCUT2D eigenvalue weighted by molar-refractivity contribution is 6.05. The van der Waals surface area contributed by atoms with Crippen LogP contribution in [0.2, 0.25) is 0 Å². The molecule has 4 rings (SSSR count). The summed E-state index contributed by atoms with van der Waals surface area (Å²) < 4.78 is 0. The average molecular weight is 353 g/mol. The van der Waals surface area contributed by atoms with E-state index in [4.69, 9.17) is 0 Å². The van der Waals surface area contributed by atoms with E-state index >= 15 is 0 Å². The number of carbonyl (C=O) groups excluding carboxylic acids is 3. The molecule has 2 unspecified atom stereocenters. The third-order valence-electron chi connectivity index (χ3n) is 5.52. The van der Waals surface area contributed by atoms with Crippen molar-refractivity contribution in [2.24, 2.45) is 11.8 Å². The predicted molar refractivity (Wildman–Crippen MR) is 97.2 cm³/mol. The maximum absolute atomic E-state index is 12.9. The van der Waals surface area contributed by atoms with Crippen molar-refractivity contribution in [3.8, 4) is 0 Å². The van der Waals surface area contributed by atoms with Crippen LogP contribution in [0.15, 0.2) is 36.4 Å². The molecule has 0 spiro atoms. The normalized spacial score (nSPS) is 25.7. The van der Waals surface area contributed by atoms with Gasteiger partial charge in [0.15, 0.2) is 0 Å². The molecule has 6 nitrogen and oxygen atoms in total. The Morgan fingerprint density at radius 2 is 1.73 bits per heavy atom. The van der Waals surface area contributed by atoms with Crippen molar-refractivity contribution in [1.82, 2.24) is 10.3 Å². The number of benzene rings is 1. The second-order valence-electron chi connectivity index (χ2n) is 7.21. The number of amides is 3. The van der Waals surface area contributed by atoms with Gasteiger partial charge in [0.1, 0.15) is 0 Å². The Labute approximate surface area is 152 Å². The van der Waals surface area contributed by atoms with E-state index in [0.29, 0.717) is 24.1 Å². The van der Waals surface area contributed by atoms with Crippen LogP contribution in [0.25, 0.3) is 0 Å². The molecule has 0 radical (unpaired) electrons. The zero-order valence-corrected chi connectivity index (χ0v) is 14.7. The molecule has 0 bridgehead atoms. The first-order chi connectivity index (χ1) is 12.6. The molecule has 136 valence electrons. The van der Waals surface area contributed by atoms with Crippen LogP contribution in [-0.4, -0.2) is 35.7 Å². The van der Waals surface area contributed by atoms with Crippen LogP contribution >= 0.6 is 0 Å². The second kappa shape index (κ2) is 6.94. The fraction of sp³-hybridized carbons (Fsp3) is 0.450. The van der Waals surface area contributed by atoms with Gasteiger partial charge in [0.25, 0.3) is 5.91 Å². The molecule has 26 heavy (non-hydrogen) atoms. The Morgan fingerprint density at radius 1 is 1.00 bits per heavy atom. The van der Waals surface area contributed by atoms with E-state index in [2.05, 4.69) is 5.43 Å². The maximum Gasteiger partial charge on any atom is 0.253 e. The van der Waals surface area contributed by atoms with Crippen molar-refractivity contribution in [3.05, 3.63) is 42.0 Å². The Morgan fingerprint density at radius 3 is 2.50 bits per heavy atom. The first-order valence-corrected chi connectivity index (χ1v) is 9.34. The SMILES string of the molecule is O=C1NN(c2cccc(C(=O)N3CCCCC3)c2)C(=O)C2CC=CCC12. The van der Waals surface area contributed by atoms with Gasteiger partial charge in [0, 0.05) is 18.7 Å². The van der Waals surface area contributed by atoms with Gasteiger partial charge in [-0.25, -0.2) is 5.01 Å². The quantitative estimate of drug-likeness (QED) is 0.829. The molecule has 2 fully saturated rings. The maximum atomic E-state index is 12.9. The van der Waals surface area contributed by atoms with E-state index in [1.165, 1.54) is 5.01 Å². The van der Waals surface area contributed by atoms with Crippen molar-refractivity contribution in [2.75, 3.05) is 18.1 Å². The number of hydrogen-bond donors (Lipinski definition) is 1. The van der Waals surface area contributed by atoms with Gasteiger partial charge >= 0.3 is 0 Å². The van der Waals surface area contributed by atoms with E-state index in [9.17, 15) is 14.4 Å². The molecule has 3 aliphatic rings. The highest BCUT2D eigenvalue weighted by Crippen LogP contribution is 2.32.